The van der Waals surface area contributed by atoms with E-state index in [1.165, 1.54) is 0 Å². The van der Waals surface area contributed by atoms with Gasteiger partial charge in [0.05, 0.1) is 6.04 Å². The lowest BCUT2D eigenvalue weighted by molar-refractivity contribution is -0.142. The molecule has 3 N–H and O–H groups in total. The van der Waals surface area contributed by atoms with E-state index in [2.05, 4.69) is 10.6 Å². The van der Waals surface area contributed by atoms with Gasteiger partial charge >= 0.3 is 5.97 Å². The molecule has 16 heavy (non-hydrogen) atoms. The molecular weight excluding hydrogens is 228 g/mol. The van der Waals surface area contributed by atoms with Crippen molar-refractivity contribution < 1.29 is 14.7 Å². The Kier molecular flexibility index (Phi) is 5.62. The first-order valence-corrected chi connectivity index (χ1v) is 6.80. The molecule has 1 fully saturated rings. The van der Waals surface area contributed by atoms with Crippen LogP contribution in [0.5, 0.6) is 0 Å². The summed E-state index contributed by atoms with van der Waals surface area (Å²) in [6.07, 6.45) is 4.15. The molecule has 0 aromatic heterocycles. The van der Waals surface area contributed by atoms with Crippen LogP contribution in [-0.4, -0.2) is 47.6 Å². The fourth-order valence-corrected chi connectivity index (χ4v) is 2.15. The highest BCUT2D eigenvalue weighted by atomic mass is 32.2. The van der Waals surface area contributed by atoms with Gasteiger partial charge in [-0.3, -0.25) is 4.79 Å². The van der Waals surface area contributed by atoms with Crippen LogP contribution in [0.3, 0.4) is 0 Å². The van der Waals surface area contributed by atoms with Crippen LogP contribution in [0.2, 0.25) is 0 Å². The largest absolute Gasteiger partial charge is 0.480 e. The van der Waals surface area contributed by atoms with E-state index in [1.807, 2.05) is 6.26 Å². The van der Waals surface area contributed by atoms with Crippen LogP contribution in [0, 0.1) is 0 Å². The summed E-state index contributed by atoms with van der Waals surface area (Å²) in [5, 5.41) is 14.6. The van der Waals surface area contributed by atoms with Gasteiger partial charge in [-0.05, 0) is 37.8 Å². The molecule has 6 heteroatoms. The quantitative estimate of drug-likeness (QED) is 0.618. The van der Waals surface area contributed by atoms with Crippen LogP contribution >= 0.6 is 11.8 Å². The number of carbonyl (C=O) groups is 2. The number of carboxylic acid groups (broad SMARTS) is 1. The lowest BCUT2D eigenvalue weighted by Gasteiger charge is -2.17. The monoisotopic (exact) mass is 246 g/mol. The lowest BCUT2D eigenvalue weighted by Crippen LogP contribution is -2.48. The second kappa shape index (κ2) is 6.75. The predicted molar refractivity (Wildman–Crippen MR) is 63.6 cm³/mol. The average Bonchev–Trinajstić information content (AvgIpc) is 2.76. The van der Waals surface area contributed by atoms with Gasteiger partial charge in [-0.25, -0.2) is 4.79 Å². The summed E-state index contributed by atoms with van der Waals surface area (Å²) in [5.41, 5.74) is 0. The van der Waals surface area contributed by atoms with Gasteiger partial charge in [0.15, 0.2) is 0 Å². The number of carboxylic acids is 1. The molecular formula is C10H18N2O3S. The topological polar surface area (TPSA) is 78.4 Å². The average molecular weight is 246 g/mol. The van der Waals surface area contributed by atoms with Crippen molar-refractivity contribution in [2.45, 2.75) is 31.3 Å². The van der Waals surface area contributed by atoms with E-state index in [0.29, 0.717) is 6.42 Å². The standard InChI is InChI=1S/C10H18N2O3S/c1-16-6-4-8(10(14)15)12-9(13)7-3-2-5-11-7/h7-8,11H,2-6H2,1H3,(H,12,13)(H,14,15)/t7-,8-/m1/s1. The Balaban J connectivity index is 2.40. The Morgan fingerprint density at radius 1 is 1.62 bits per heavy atom. The summed E-state index contributed by atoms with van der Waals surface area (Å²) >= 11 is 1.58. The van der Waals surface area contributed by atoms with Gasteiger partial charge < -0.3 is 15.7 Å². The molecule has 0 saturated carbocycles. The number of aliphatic carboxylic acids is 1. The molecule has 0 aromatic rings. The molecule has 1 aliphatic rings. The van der Waals surface area contributed by atoms with Crippen molar-refractivity contribution >= 4 is 23.6 Å². The Labute approximate surface area is 99.4 Å². The van der Waals surface area contributed by atoms with Crippen molar-refractivity contribution in [2.75, 3.05) is 18.6 Å². The summed E-state index contributed by atoms with van der Waals surface area (Å²) in [7, 11) is 0. The zero-order valence-corrected chi connectivity index (χ0v) is 10.2. The highest BCUT2D eigenvalue weighted by molar-refractivity contribution is 7.98. The van der Waals surface area contributed by atoms with Crippen LogP contribution in [0.1, 0.15) is 19.3 Å². The van der Waals surface area contributed by atoms with Crippen molar-refractivity contribution in [2.24, 2.45) is 0 Å². The molecule has 0 bridgehead atoms. The molecule has 1 aliphatic heterocycles. The zero-order chi connectivity index (χ0) is 12.0. The normalized spacial score (nSPS) is 21.7. The van der Waals surface area contributed by atoms with E-state index in [9.17, 15) is 9.59 Å². The van der Waals surface area contributed by atoms with Crippen LogP contribution in [-0.2, 0) is 9.59 Å². The highest BCUT2D eigenvalue weighted by Crippen LogP contribution is 2.06. The summed E-state index contributed by atoms with van der Waals surface area (Å²) in [6.45, 7) is 0.834. The van der Waals surface area contributed by atoms with E-state index in [4.69, 9.17) is 5.11 Å². The second-order valence-electron chi connectivity index (χ2n) is 3.83. The lowest BCUT2D eigenvalue weighted by atomic mass is 10.1. The van der Waals surface area contributed by atoms with Gasteiger partial charge in [0.1, 0.15) is 6.04 Å². The van der Waals surface area contributed by atoms with Gasteiger partial charge in [0, 0.05) is 0 Å². The first-order valence-electron chi connectivity index (χ1n) is 5.40. The van der Waals surface area contributed by atoms with Crippen molar-refractivity contribution in [3.63, 3.8) is 0 Å². The second-order valence-corrected chi connectivity index (χ2v) is 4.82. The Morgan fingerprint density at radius 2 is 2.38 bits per heavy atom. The SMILES string of the molecule is CSCC[C@@H](NC(=O)[C@H]1CCCN1)C(=O)O. The molecule has 1 amide bonds. The van der Waals surface area contributed by atoms with Crippen molar-refractivity contribution in [1.29, 1.82) is 0 Å². The summed E-state index contributed by atoms with van der Waals surface area (Å²) in [6, 6.07) is -0.974. The minimum atomic E-state index is -0.958. The van der Waals surface area contributed by atoms with E-state index in [0.717, 1.165) is 25.1 Å². The van der Waals surface area contributed by atoms with E-state index in [1.54, 1.807) is 11.8 Å². The van der Waals surface area contributed by atoms with Crippen LogP contribution in [0.15, 0.2) is 0 Å². The number of thioether (sulfide) groups is 1. The maximum atomic E-state index is 11.7. The molecule has 0 radical (unpaired) electrons. The first-order chi connectivity index (χ1) is 7.65. The summed E-state index contributed by atoms with van der Waals surface area (Å²) in [5.74, 6) is -0.415. The van der Waals surface area contributed by atoms with Crippen molar-refractivity contribution in [1.82, 2.24) is 10.6 Å². The minimum absolute atomic E-state index is 0.189. The first kappa shape index (κ1) is 13.3. The minimum Gasteiger partial charge on any atom is -0.480 e. The predicted octanol–water partition coefficient (Wildman–Crippen LogP) is 0.0609. The molecule has 0 unspecified atom stereocenters. The summed E-state index contributed by atoms with van der Waals surface area (Å²) in [4.78, 5) is 22.6. The van der Waals surface area contributed by atoms with E-state index < -0.39 is 12.0 Å². The number of hydrogen-bond donors (Lipinski definition) is 3. The van der Waals surface area contributed by atoms with E-state index in [-0.39, 0.29) is 11.9 Å². The third-order valence-electron chi connectivity index (χ3n) is 2.60. The molecule has 1 rings (SSSR count). The fraction of sp³-hybridized carbons (Fsp3) is 0.800. The van der Waals surface area contributed by atoms with Gasteiger partial charge in [0.2, 0.25) is 5.91 Å². The third-order valence-corrected chi connectivity index (χ3v) is 3.25. The van der Waals surface area contributed by atoms with Gasteiger partial charge in [-0.2, -0.15) is 11.8 Å². The van der Waals surface area contributed by atoms with Crippen LogP contribution in [0.4, 0.5) is 0 Å². The Morgan fingerprint density at radius 3 is 2.88 bits per heavy atom. The maximum Gasteiger partial charge on any atom is 0.326 e. The smallest absolute Gasteiger partial charge is 0.326 e. The number of hydrogen-bond acceptors (Lipinski definition) is 4. The highest BCUT2D eigenvalue weighted by Gasteiger charge is 2.26. The van der Waals surface area contributed by atoms with Gasteiger partial charge in [-0.15, -0.1) is 0 Å². The molecule has 92 valence electrons. The third kappa shape index (κ3) is 4.02. The molecule has 1 saturated heterocycles. The molecule has 2 atom stereocenters. The molecule has 0 spiro atoms. The fourth-order valence-electron chi connectivity index (χ4n) is 1.67. The molecule has 1 heterocycles. The number of rotatable bonds is 6. The number of carbonyl (C=O) groups excluding carboxylic acids is 1. The number of nitrogens with one attached hydrogen (secondary N) is 2. The van der Waals surface area contributed by atoms with Crippen molar-refractivity contribution in [3.8, 4) is 0 Å². The molecule has 0 aliphatic carbocycles. The van der Waals surface area contributed by atoms with E-state index >= 15 is 0 Å². The number of amides is 1. The Hall–Kier alpha value is -0.750. The zero-order valence-electron chi connectivity index (χ0n) is 9.36. The Bertz CT molecular complexity index is 254. The van der Waals surface area contributed by atoms with Crippen molar-refractivity contribution in [3.05, 3.63) is 0 Å². The summed E-state index contributed by atoms with van der Waals surface area (Å²) < 4.78 is 0. The van der Waals surface area contributed by atoms with Gasteiger partial charge in [0.25, 0.3) is 0 Å². The van der Waals surface area contributed by atoms with Gasteiger partial charge in [-0.1, -0.05) is 0 Å². The van der Waals surface area contributed by atoms with Crippen LogP contribution in [0.25, 0.3) is 0 Å². The van der Waals surface area contributed by atoms with Crippen LogP contribution < -0.4 is 10.6 Å². The molecule has 5 nitrogen and oxygen atoms in total. The molecule has 0 aromatic carbocycles. The maximum absolute atomic E-state index is 11.7.